The second-order valence-corrected chi connectivity index (χ2v) is 6.04. The Morgan fingerprint density at radius 3 is 2.95 bits per heavy atom. The smallest absolute Gasteiger partial charge is 0.240 e. The molecule has 6 nitrogen and oxygen atoms in total. The number of aromatic nitrogens is 2. The van der Waals surface area contributed by atoms with Crippen LogP contribution >= 0.6 is 23.1 Å². The number of fused-ring (bicyclic) bond motifs is 1. The van der Waals surface area contributed by atoms with E-state index in [1.165, 1.54) is 11.3 Å². The third-order valence-corrected chi connectivity index (χ3v) is 4.83. The molecule has 2 rings (SSSR count). The van der Waals surface area contributed by atoms with Gasteiger partial charge >= 0.3 is 0 Å². The summed E-state index contributed by atoms with van der Waals surface area (Å²) >= 11 is 3.16. The fourth-order valence-corrected chi connectivity index (χ4v) is 3.16. The molecule has 0 spiro atoms. The molecule has 0 aliphatic carbocycles. The molecule has 0 bridgehead atoms. The number of aliphatic hydroxyl groups is 1. The lowest BCUT2D eigenvalue weighted by Crippen LogP contribution is -2.31. The Labute approximate surface area is 119 Å². The fraction of sp³-hybridized carbons (Fsp3) is 0.455. The van der Waals surface area contributed by atoms with Crippen molar-refractivity contribution in [1.29, 1.82) is 0 Å². The highest BCUT2D eigenvalue weighted by Gasteiger charge is 2.17. The van der Waals surface area contributed by atoms with E-state index in [9.17, 15) is 5.11 Å². The minimum absolute atomic E-state index is 0.0867. The van der Waals surface area contributed by atoms with Crippen LogP contribution in [0.15, 0.2) is 11.4 Å². The topological polar surface area (TPSA) is 96.1 Å². The molecule has 19 heavy (non-hydrogen) atoms. The summed E-state index contributed by atoms with van der Waals surface area (Å²) in [5.74, 6) is 6.50. The molecule has 5 N–H and O–H groups in total. The predicted octanol–water partition coefficient (Wildman–Crippen LogP) is 1.50. The van der Waals surface area contributed by atoms with Gasteiger partial charge in [-0.2, -0.15) is 16.7 Å². The number of aliphatic hydroxyl groups excluding tert-OH is 1. The van der Waals surface area contributed by atoms with E-state index in [1.54, 1.807) is 11.8 Å². The van der Waals surface area contributed by atoms with Crippen molar-refractivity contribution in [3.05, 3.63) is 11.4 Å². The van der Waals surface area contributed by atoms with E-state index in [-0.39, 0.29) is 17.9 Å². The highest BCUT2D eigenvalue weighted by atomic mass is 32.2. The number of nitrogen functional groups attached to an aromatic ring is 1. The highest BCUT2D eigenvalue weighted by molar-refractivity contribution is 7.99. The van der Waals surface area contributed by atoms with Crippen LogP contribution in [0, 0.1) is 0 Å². The largest absolute Gasteiger partial charge is 0.395 e. The van der Waals surface area contributed by atoms with Crippen molar-refractivity contribution in [2.24, 2.45) is 5.84 Å². The Morgan fingerprint density at radius 1 is 1.53 bits per heavy atom. The minimum atomic E-state index is 0.0867. The van der Waals surface area contributed by atoms with E-state index >= 15 is 0 Å². The average Bonchev–Trinajstić information content (AvgIpc) is 2.88. The maximum absolute atomic E-state index is 9.32. The van der Waals surface area contributed by atoms with Crippen molar-refractivity contribution in [1.82, 2.24) is 9.97 Å². The molecule has 2 atom stereocenters. The van der Waals surface area contributed by atoms with Crippen molar-refractivity contribution in [2.75, 3.05) is 23.6 Å². The molecular formula is C11H17N5OS2. The quantitative estimate of drug-likeness (QED) is 0.474. The summed E-state index contributed by atoms with van der Waals surface area (Å²) in [5.41, 5.74) is 2.47. The van der Waals surface area contributed by atoms with Crippen LogP contribution in [-0.4, -0.2) is 39.2 Å². The van der Waals surface area contributed by atoms with Crippen LogP contribution in [0.25, 0.3) is 10.2 Å². The molecule has 104 valence electrons. The number of nitrogens with two attached hydrogens (primary N) is 1. The average molecular weight is 299 g/mol. The van der Waals surface area contributed by atoms with Crippen molar-refractivity contribution >= 4 is 45.1 Å². The molecule has 2 heterocycles. The Kier molecular flexibility index (Phi) is 4.81. The molecule has 2 unspecified atom stereocenters. The zero-order valence-corrected chi connectivity index (χ0v) is 12.4. The van der Waals surface area contributed by atoms with E-state index in [0.717, 1.165) is 16.0 Å². The van der Waals surface area contributed by atoms with E-state index in [0.29, 0.717) is 5.95 Å². The summed E-state index contributed by atoms with van der Waals surface area (Å²) in [6, 6.07) is 2.06. The van der Waals surface area contributed by atoms with Gasteiger partial charge in [0.05, 0.1) is 12.0 Å². The Hall–Kier alpha value is -1.09. The normalized spacial score (nSPS) is 14.3. The van der Waals surface area contributed by atoms with Crippen LogP contribution in [0.4, 0.5) is 11.8 Å². The van der Waals surface area contributed by atoms with Crippen molar-refractivity contribution < 1.29 is 5.11 Å². The van der Waals surface area contributed by atoms with Gasteiger partial charge in [0.2, 0.25) is 5.95 Å². The first-order chi connectivity index (χ1) is 9.19. The van der Waals surface area contributed by atoms with E-state index in [4.69, 9.17) is 5.84 Å². The highest BCUT2D eigenvalue weighted by Crippen LogP contribution is 2.27. The zero-order chi connectivity index (χ0) is 13.8. The number of hydrogen-bond donors (Lipinski definition) is 4. The maximum atomic E-state index is 9.32. The minimum Gasteiger partial charge on any atom is -0.395 e. The van der Waals surface area contributed by atoms with Gasteiger partial charge < -0.3 is 10.4 Å². The molecule has 0 aliphatic rings. The van der Waals surface area contributed by atoms with Crippen LogP contribution in [0.2, 0.25) is 0 Å². The predicted molar refractivity (Wildman–Crippen MR) is 82.7 cm³/mol. The lowest BCUT2D eigenvalue weighted by atomic mass is 10.2. The van der Waals surface area contributed by atoms with Crippen LogP contribution < -0.4 is 16.6 Å². The van der Waals surface area contributed by atoms with Gasteiger partial charge in [-0.25, -0.2) is 10.8 Å². The fourth-order valence-electron chi connectivity index (χ4n) is 1.78. The first kappa shape index (κ1) is 14.3. The van der Waals surface area contributed by atoms with Crippen molar-refractivity contribution in [3.63, 3.8) is 0 Å². The van der Waals surface area contributed by atoms with Gasteiger partial charge in [-0.1, -0.05) is 0 Å². The summed E-state index contributed by atoms with van der Waals surface area (Å²) < 4.78 is 0. The maximum Gasteiger partial charge on any atom is 0.240 e. The van der Waals surface area contributed by atoms with Gasteiger partial charge in [0, 0.05) is 11.3 Å². The molecule has 0 fully saturated rings. The lowest BCUT2D eigenvalue weighted by molar-refractivity contribution is 0.288. The Balaban J connectivity index is 2.30. The standard InChI is InChI=1S/C11H17N5OS2/c1-6(8(5-17)18-2)13-9-7-3-4-19-10(7)15-11(14-9)16-12/h3-4,6,8,17H,5,12H2,1-2H3,(H2,13,14,15,16). The molecule has 0 aromatic carbocycles. The zero-order valence-electron chi connectivity index (χ0n) is 10.8. The second-order valence-electron chi connectivity index (χ2n) is 4.07. The van der Waals surface area contributed by atoms with Gasteiger partial charge in [-0.05, 0) is 24.6 Å². The summed E-state index contributed by atoms with van der Waals surface area (Å²) in [7, 11) is 0. The van der Waals surface area contributed by atoms with Crippen molar-refractivity contribution in [3.8, 4) is 0 Å². The van der Waals surface area contributed by atoms with Crippen molar-refractivity contribution in [2.45, 2.75) is 18.2 Å². The molecule has 0 amide bonds. The molecule has 8 heteroatoms. The molecule has 0 radical (unpaired) electrons. The van der Waals surface area contributed by atoms with Crippen LogP contribution in [0.5, 0.6) is 0 Å². The van der Waals surface area contributed by atoms with Crippen LogP contribution in [0.3, 0.4) is 0 Å². The number of nitrogens with one attached hydrogen (secondary N) is 2. The number of thioether (sulfide) groups is 1. The first-order valence-corrected chi connectivity index (χ1v) is 7.98. The number of thiophene rings is 1. The number of nitrogens with zero attached hydrogens (tertiary/aromatic N) is 2. The van der Waals surface area contributed by atoms with E-state index < -0.39 is 0 Å². The number of anilines is 2. The van der Waals surface area contributed by atoms with Crippen LogP contribution in [0.1, 0.15) is 6.92 Å². The molecule has 0 saturated heterocycles. The second kappa shape index (κ2) is 6.38. The SMILES string of the molecule is CSC(CO)C(C)Nc1nc(NN)nc2sccc12. The van der Waals surface area contributed by atoms with E-state index in [1.807, 2.05) is 24.6 Å². The number of rotatable bonds is 6. The summed E-state index contributed by atoms with van der Waals surface area (Å²) in [5, 5.41) is 15.7. The van der Waals surface area contributed by atoms with Gasteiger partial charge in [-0.3, -0.25) is 5.43 Å². The van der Waals surface area contributed by atoms with Gasteiger partial charge in [0.1, 0.15) is 10.6 Å². The van der Waals surface area contributed by atoms with E-state index in [2.05, 4.69) is 20.7 Å². The molecule has 0 saturated carbocycles. The molecular weight excluding hydrogens is 282 g/mol. The molecule has 0 aliphatic heterocycles. The Morgan fingerprint density at radius 2 is 2.32 bits per heavy atom. The van der Waals surface area contributed by atoms with Gasteiger partial charge in [0.25, 0.3) is 0 Å². The lowest BCUT2D eigenvalue weighted by Gasteiger charge is -2.22. The van der Waals surface area contributed by atoms with Crippen LogP contribution in [-0.2, 0) is 0 Å². The Bertz CT molecular complexity index is 543. The summed E-state index contributed by atoms with van der Waals surface area (Å²) in [6.07, 6.45) is 1.98. The summed E-state index contributed by atoms with van der Waals surface area (Å²) in [4.78, 5) is 9.50. The number of hydrogen-bond acceptors (Lipinski definition) is 8. The molecule has 2 aromatic rings. The monoisotopic (exact) mass is 299 g/mol. The third-order valence-electron chi connectivity index (χ3n) is 2.86. The summed E-state index contributed by atoms with van der Waals surface area (Å²) in [6.45, 7) is 2.14. The molecule has 2 aromatic heterocycles. The van der Waals surface area contributed by atoms with Gasteiger partial charge in [0.15, 0.2) is 0 Å². The number of hydrazine groups is 1. The first-order valence-electron chi connectivity index (χ1n) is 5.81. The van der Waals surface area contributed by atoms with Gasteiger partial charge in [-0.15, -0.1) is 11.3 Å². The third kappa shape index (κ3) is 3.08.